The van der Waals surface area contributed by atoms with Gasteiger partial charge in [0, 0.05) is 48.3 Å². The average molecular weight is 349 g/mol. The van der Waals surface area contributed by atoms with Gasteiger partial charge in [-0.05, 0) is 12.1 Å². The van der Waals surface area contributed by atoms with Crippen molar-refractivity contribution in [2.75, 3.05) is 32.8 Å². The van der Waals surface area contributed by atoms with Gasteiger partial charge in [-0.3, -0.25) is 29.6 Å². The predicted octanol–water partition coefficient (Wildman–Crippen LogP) is 1.53. The number of fused-ring (bicyclic) bond motifs is 1. The summed E-state index contributed by atoms with van der Waals surface area (Å²) in [5.74, 6) is 0.164. The highest BCUT2D eigenvalue weighted by Gasteiger charge is 2.15. The van der Waals surface area contributed by atoms with Gasteiger partial charge in [-0.15, -0.1) is 0 Å². The zero-order valence-corrected chi connectivity index (χ0v) is 14.3. The van der Waals surface area contributed by atoms with Gasteiger partial charge in [0.2, 0.25) is 0 Å². The molecule has 0 atom stereocenters. The van der Waals surface area contributed by atoms with Crippen LogP contribution in [0.1, 0.15) is 5.69 Å². The lowest BCUT2D eigenvalue weighted by atomic mass is 10.1. The first-order valence-corrected chi connectivity index (χ1v) is 8.61. The van der Waals surface area contributed by atoms with E-state index in [0.717, 1.165) is 40.9 Å². The maximum atomic E-state index is 12.3. The summed E-state index contributed by atoms with van der Waals surface area (Å²) in [4.78, 5) is 31.7. The van der Waals surface area contributed by atoms with Gasteiger partial charge in [0.25, 0.3) is 0 Å². The molecule has 4 heterocycles. The fourth-order valence-corrected chi connectivity index (χ4v) is 3.03. The van der Waals surface area contributed by atoms with Crippen molar-refractivity contribution in [2.45, 2.75) is 6.42 Å². The molecule has 0 N–H and O–H groups in total. The monoisotopic (exact) mass is 349 g/mol. The van der Waals surface area contributed by atoms with Crippen LogP contribution < -0.4 is 0 Å². The van der Waals surface area contributed by atoms with Gasteiger partial charge in [0.15, 0.2) is 5.78 Å². The minimum atomic E-state index is 0.164. The molecule has 1 aliphatic rings. The molecule has 0 spiro atoms. The molecule has 132 valence electrons. The summed E-state index contributed by atoms with van der Waals surface area (Å²) in [5, 5.41) is 0.942. The Hall–Kier alpha value is -2.77. The summed E-state index contributed by atoms with van der Waals surface area (Å²) >= 11 is 0. The number of ether oxygens (including phenoxy) is 1. The van der Waals surface area contributed by atoms with E-state index in [2.05, 4.69) is 24.8 Å². The summed E-state index contributed by atoms with van der Waals surface area (Å²) in [6, 6.07) is 3.93. The quantitative estimate of drug-likeness (QED) is 0.691. The van der Waals surface area contributed by atoms with Crippen LogP contribution in [0.4, 0.5) is 0 Å². The van der Waals surface area contributed by atoms with Crippen LogP contribution in [-0.4, -0.2) is 63.5 Å². The lowest BCUT2D eigenvalue weighted by Crippen LogP contribution is -2.39. The third-order valence-corrected chi connectivity index (χ3v) is 4.37. The second-order valence-electron chi connectivity index (χ2n) is 6.29. The molecule has 7 heteroatoms. The Morgan fingerprint density at radius 2 is 1.92 bits per heavy atom. The minimum Gasteiger partial charge on any atom is -0.379 e. The molecule has 0 unspecified atom stereocenters. The van der Waals surface area contributed by atoms with E-state index in [9.17, 15) is 4.79 Å². The minimum absolute atomic E-state index is 0.164. The van der Waals surface area contributed by atoms with Crippen molar-refractivity contribution >= 4 is 16.7 Å². The zero-order chi connectivity index (χ0) is 17.8. The number of hydrogen-bond donors (Lipinski definition) is 0. The number of pyridine rings is 2. The van der Waals surface area contributed by atoms with E-state index in [1.54, 1.807) is 31.0 Å². The molecule has 0 saturated carbocycles. The van der Waals surface area contributed by atoms with E-state index >= 15 is 0 Å². The topological polar surface area (TPSA) is 81.1 Å². The lowest BCUT2D eigenvalue weighted by Gasteiger charge is -2.25. The number of rotatable bonds is 5. The number of morpholine rings is 1. The lowest BCUT2D eigenvalue weighted by molar-refractivity contribution is -0.120. The second-order valence-corrected chi connectivity index (χ2v) is 6.29. The molecule has 1 aliphatic heterocycles. The summed E-state index contributed by atoms with van der Waals surface area (Å²) in [6.45, 7) is 3.45. The standard InChI is InChI=1S/C19H19N5O2/c25-17(13-24-3-5-26-6-4-24)9-16-8-14-7-15(10-23-19(14)12-22-16)18-11-20-1-2-21-18/h1-2,7-8,10-12H,3-6,9,13H2. The Bertz CT molecular complexity index is 910. The summed E-state index contributed by atoms with van der Waals surface area (Å²) < 4.78 is 5.31. The Kier molecular flexibility index (Phi) is 4.90. The normalized spacial score (nSPS) is 15.2. The van der Waals surface area contributed by atoms with Crippen LogP contribution in [0.5, 0.6) is 0 Å². The van der Waals surface area contributed by atoms with E-state index in [0.29, 0.717) is 26.2 Å². The molecule has 0 amide bonds. The maximum absolute atomic E-state index is 12.3. The van der Waals surface area contributed by atoms with Crippen molar-refractivity contribution in [1.82, 2.24) is 24.8 Å². The Morgan fingerprint density at radius 1 is 1.04 bits per heavy atom. The molecule has 26 heavy (non-hydrogen) atoms. The van der Waals surface area contributed by atoms with Gasteiger partial charge in [0.1, 0.15) is 0 Å². The van der Waals surface area contributed by atoms with Gasteiger partial charge in [-0.2, -0.15) is 0 Å². The molecule has 3 aromatic rings. The van der Waals surface area contributed by atoms with Crippen molar-refractivity contribution in [3.63, 3.8) is 0 Å². The first kappa shape index (κ1) is 16.7. The van der Waals surface area contributed by atoms with Gasteiger partial charge < -0.3 is 4.74 Å². The molecule has 1 saturated heterocycles. The highest BCUT2D eigenvalue weighted by atomic mass is 16.5. The number of aromatic nitrogens is 4. The van der Waals surface area contributed by atoms with Gasteiger partial charge in [-0.25, -0.2) is 0 Å². The molecular weight excluding hydrogens is 330 g/mol. The second kappa shape index (κ2) is 7.63. The van der Waals surface area contributed by atoms with E-state index < -0.39 is 0 Å². The fourth-order valence-electron chi connectivity index (χ4n) is 3.03. The highest BCUT2D eigenvalue weighted by Crippen LogP contribution is 2.20. The van der Waals surface area contributed by atoms with Gasteiger partial charge in [0.05, 0.1) is 49.8 Å². The van der Waals surface area contributed by atoms with Crippen molar-refractivity contribution in [3.8, 4) is 11.3 Å². The predicted molar refractivity (Wildman–Crippen MR) is 96.5 cm³/mol. The Balaban J connectivity index is 1.51. The first-order chi connectivity index (χ1) is 12.8. The highest BCUT2D eigenvalue weighted by molar-refractivity contribution is 5.85. The molecule has 7 nitrogen and oxygen atoms in total. The van der Waals surface area contributed by atoms with Crippen LogP contribution in [-0.2, 0) is 16.0 Å². The van der Waals surface area contributed by atoms with Gasteiger partial charge in [-0.1, -0.05) is 0 Å². The number of carbonyl (C=O) groups excluding carboxylic acids is 1. The molecule has 0 aromatic carbocycles. The van der Waals surface area contributed by atoms with E-state index in [4.69, 9.17) is 4.74 Å². The maximum Gasteiger partial charge on any atom is 0.152 e. The summed E-state index contributed by atoms with van der Waals surface area (Å²) in [5.41, 5.74) is 3.21. The molecule has 3 aromatic heterocycles. The van der Waals surface area contributed by atoms with Crippen molar-refractivity contribution < 1.29 is 9.53 Å². The Morgan fingerprint density at radius 3 is 2.73 bits per heavy atom. The van der Waals surface area contributed by atoms with Crippen LogP contribution in [0, 0.1) is 0 Å². The number of hydrogen-bond acceptors (Lipinski definition) is 7. The molecule has 0 aliphatic carbocycles. The Labute approximate surface area is 151 Å². The van der Waals surface area contributed by atoms with Crippen molar-refractivity contribution in [3.05, 3.63) is 48.8 Å². The van der Waals surface area contributed by atoms with Crippen LogP contribution >= 0.6 is 0 Å². The molecular formula is C19H19N5O2. The van der Waals surface area contributed by atoms with Crippen molar-refractivity contribution in [2.24, 2.45) is 0 Å². The summed E-state index contributed by atoms with van der Waals surface area (Å²) in [6.07, 6.45) is 8.80. The van der Waals surface area contributed by atoms with Crippen LogP contribution in [0.25, 0.3) is 22.2 Å². The van der Waals surface area contributed by atoms with E-state index in [1.807, 2.05) is 12.1 Å². The van der Waals surface area contributed by atoms with Gasteiger partial charge >= 0.3 is 0 Å². The third kappa shape index (κ3) is 3.89. The smallest absolute Gasteiger partial charge is 0.152 e. The van der Waals surface area contributed by atoms with E-state index in [1.165, 1.54) is 0 Å². The molecule has 1 fully saturated rings. The number of nitrogens with zero attached hydrogens (tertiary/aromatic N) is 5. The number of ketones is 1. The molecule has 0 bridgehead atoms. The SMILES string of the molecule is O=C(Cc1cc2cc(-c3cnccn3)cnc2cn1)CN1CCOCC1. The average Bonchev–Trinajstić information content (AvgIpc) is 2.69. The zero-order valence-electron chi connectivity index (χ0n) is 14.3. The first-order valence-electron chi connectivity index (χ1n) is 8.61. The fraction of sp³-hybridized carbons (Fsp3) is 0.316. The third-order valence-electron chi connectivity index (χ3n) is 4.37. The van der Waals surface area contributed by atoms with Crippen molar-refractivity contribution in [1.29, 1.82) is 0 Å². The van der Waals surface area contributed by atoms with Crippen LogP contribution in [0.3, 0.4) is 0 Å². The van der Waals surface area contributed by atoms with Crippen LogP contribution in [0.15, 0.2) is 43.1 Å². The van der Waals surface area contributed by atoms with E-state index in [-0.39, 0.29) is 5.78 Å². The van der Waals surface area contributed by atoms with Crippen LogP contribution in [0.2, 0.25) is 0 Å². The number of Topliss-reactive ketones (excluding diaryl/α,β-unsaturated/α-hetero) is 1. The number of carbonyl (C=O) groups is 1. The molecule has 0 radical (unpaired) electrons. The molecule has 4 rings (SSSR count). The summed E-state index contributed by atoms with van der Waals surface area (Å²) in [7, 11) is 0. The largest absolute Gasteiger partial charge is 0.379 e.